The van der Waals surface area contributed by atoms with Crippen molar-refractivity contribution < 1.29 is 31.1 Å². The zero-order chi connectivity index (χ0) is 19.0. The van der Waals surface area contributed by atoms with Crippen LogP contribution in [-0.4, -0.2) is 27.6 Å². The lowest BCUT2D eigenvalue weighted by Crippen LogP contribution is -2.07. The Balaban J connectivity index is 1.50. The molecule has 0 spiro atoms. The number of hydrogen-bond acceptors (Lipinski definition) is 7. The van der Waals surface area contributed by atoms with Gasteiger partial charge in [0, 0.05) is 11.6 Å². The zero-order valence-electron chi connectivity index (χ0n) is 14.9. The Kier molecular flexibility index (Phi) is 7.32. The maximum absolute atomic E-state index is 11.2. The third-order valence-electron chi connectivity index (χ3n) is 3.69. The maximum Gasteiger partial charge on any atom is 0.501 e. The first-order chi connectivity index (χ1) is 12.4. The Labute approximate surface area is 154 Å². The second-order valence-corrected chi connectivity index (χ2v) is 7.22. The number of hydrogen-bond donors (Lipinski definition) is 0. The maximum atomic E-state index is 11.2. The van der Waals surface area contributed by atoms with Crippen LogP contribution in [0.4, 0.5) is 0 Å². The lowest BCUT2D eigenvalue weighted by atomic mass is 10.1. The van der Waals surface area contributed by atoms with E-state index in [1.54, 1.807) is 13.0 Å². The number of ether oxygens (including phenoxy) is 2. The van der Waals surface area contributed by atoms with E-state index in [4.69, 9.17) is 9.47 Å². The monoisotopic (exact) mass is 384 g/mol. The summed E-state index contributed by atoms with van der Waals surface area (Å²) in [6.07, 6.45) is 5.96. The van der Waals surface area contributed by atoms with Gasteiger partial charge in [0.15, 0.2) is 11.5 Å². The van der Waals surface area contributed by atoms with E-state index in [1.807, 2.05) is 0 Å². The largest absolute Gasteiger partial charge is 0.501 e. The van der Waals surface area contributed by atoms with Gasteiger partial charge in [-0.2, -0.15) is 0 Å². The van der Waals surface area contributed by atoms with Gasteiger partial charge in [-0.05, 0) is 31.9 Å². The molecule has 1 aliphatic heterocycles. The van der Waals surface area contributed by atoms with Gasteiger partial charge in [-0.1, -0.05) is 32.3 Å². The highest BCUT2D eigenvalue weighted by Gasteiger charge is 2.28. The second kappa shape index (κ2) is 9.47. The fourth-order valence-corrected chi connectivity index (χ4v) is 3.08. The first-order valence-electron chi connectivity index (χ1n) is 8.61. The molecule has 0 radical (unpaired) electrons. The topological polar surface area (TPSA) is 88.1 Å². The Bertz CT molecular complexity index is 740. The summed E-state index contributed by atoms with van der Waals surface area (Å²) >= 11 is 0. The number of fused-ring (bicyclic) bond motifs is 1. The van der Waals surface area contributed by atoms with Crippen molar-refractivity contribution in [2.45, 2.75) is 45.4 Å². The minimum atomic E-state index is -3.96. The van der Waals surface area contributed by atoms with Crippen LogP contribution in [0.2, 0.25) is 0 Å². The summed E-state index contributed by atoms with van der Waals surface area (Å²) < 4.78 is 42.3. The lowest BCUT2D eigenvalue weighted by Gasteiger charge is -2.07. The molecular formula is C18H24O7S. The first kappa shape index (κ1) is 20.1. The molecule has 0 saturated heterocycles. The molecule has 2 rings (SSSR count). The van der Waals surface area contributed by atoms with E-state index >= 15 is 0 Å². The van der Waals surface area contributed by atoms with Crippen LogP contribution in [0.25, 0.3) is 0 Å². The van der Waals surface area contributed by atoms with E-state index in [0.29, 0.717) is 24.5 Å². The van der Waals surface area contributed by atoms with Crippen LogP contribution in [0.1, 0.15) is 45.4 Å². The van der Waals surface area contributed by atoms with Gasteiger partial charge in [-0.15, -0.1) is 8.42 Å². The van der Waals surface area contributed by atoms with E-state index in [0.717, 1.165) is 38.5 Å². The summed E-state index contributed by atoms with van der Waals surface area (Å²) in [5.74, 6) is 0.535. The van der Waals surface area contributed by atoms with Crippen molar-refractivity contribution >= 4 is 16.4 Å². The van der Waals surface area contributed by atoms with Crippen LogP contribution < -0.4 is 13.1 Å². The van der Waals surface area contributed by atoms with E-state index < -0.39 is 10.4 Å². The average molecular weight is 384 g/mol. The Hall–Kier alpha value is -2.22. The molecular weight excluding hydrogens is 360 g/mol. The van der Waals surface area contributed by atoms with Gasteiger partial charge in [0.1, 0.15) is 5.75 Å². The first-order valence-corrected chi connectivity index (χ1v) is 9.94. The zero-order valence-corrected chi connectivity index (χ0v) is 15.7. The highest BCUT2D eigenvalue weighted by Crippen LogP contribution is 2.38. The molecule has 1 heterocycles. The van der Waals surface area contributed by atoms with Gasteiger partial charge in [-0.3, -0.25) is 0 Å². The van der Waals surface area contributed by atoms with Gasteiger partial charge < -0.3 is 17.8 Å². The van der Waals surface area contributed by atoms with Gasteiger partial charge >= 0.3 is 16.4 Å². The van der Waals surface area contributed by atoms with Gasteiger partial charge in [0.05, 0.1) is 13.2 Å². The SMILES string of the molecule is C=C(C)C(=O)OCCCCCCCCOc1ccc2c(c1)OS(=O)(=O)O2. The predicted molar refractivity (Wildman–Crippen MR) is 95.6 cm³/mol. The van der Waals surface area contributed by atoms with Crippen molar-refractivity contribution in [1.82, 2.24) is 0 Å². The number of esters is 1. The molecule has 0 amide bonds. The third-order valence-corrected chi connectivity index (χ3v) is 4.46. The number of carbonyl (C=O) groups excluding carboxylic acids is 1. The van der Waals surface area contributed by atoms with E-state index in [9.17, 15) is 13.2 Å². The predicted octanol–water partition coefficient (Wildman–Crippen LogP) is 3.54. The van der Waals surface area contributed by atoms with Crippen molar-refractivity contribution in [3.8, 4) is 17.2 Å². The minimum absolute atomic E-state index is 0.148. The van der Waals surface area contributed by atoms with Crippen LogP contribution in [0, 0.1) is 0 Å². The molecule has 0 bridgehead atoms. The summed E-state index contributed by atoms with van der Waals surface area (Å²) in [5, 5.41) is 0. The van der Waals surface area contributed by atoms with Crippen LogP contribution >= 0.6 is 0 Å². The number of rotatable bonds is 11. The Morgan fingerprint density at radius 2 is 1.62 bits per heavy atom. The molecule has 0 aliphatic carbocycles. The van der Waals surface area contributed by atoms with Crippen molar-refractivity contribution in [2.75, 3.05) is 13.2 Å². The molecule has 0 N–H and O–H groups in total. The summed E-state index contributed by atoms with van der Waals surface area (Å²) in [5.41, 5.74) is 0.425. The number of benzene rings is 1. The van der Waals surface area contributed by atoms with Crippen molar-refractivity contribution in [3.05, 3.63) is 30.4 Å². The van der Waals surface area contributed by atoms with Gasteiger partial charge in [0.25, 0.3) is 0 Å². The van der Waals surface area contributed by atoms with Crippen LogP contribution in [-0.2, 0) is 19.9 Å². The van der Waals surface area contributed by atoms with Crippen molar-refractivity contribution in [1.29, 1.82) is 0 Å². The van der Waals surface area contributed by atoms with Gasteiger partial charge in [0.2, 0.25) is 0 Å². The number of unbranched alkanes of at least 4 members (excludes halogenated alkanes) is 5. The molecule has 8 heteroatoms. The minimum Gasteiger partial charge on any atom is -0.493 e. The molecule has 1 aliphatic rings. The molecule has 1 aromatic rings. The average Bonchev–Trinajstić information content (AvgIpc) is 2.89. The third kappa shape index (κ3) is 6.59. The molecule has 26 heavy (non-hydrogen) atoms. The second-order valence-electron chi connectivity index (χ2n) is 6.07. The fourth-order valence-electron chi connectivity index (χ4n) is 2.34. The van der Waals surface area contributed by atoms with Crippen molar-refractivity contribution in [3.63, 3.8) is 0 Å². The lowest BCUT2D eigenvalue weighted by molar-refractivity contribution is -0.139. The van der Waals surface area contributed by atoms with Crippen molar-refractivity contribution in [2.24, 2.45) is 0 Å². The molecule has 0 aromatic heterocycles. The molecule has 0 unspecified atom stereocenters. The molecule has 0 atom stereocenters. The van der Waals surface area contributed by atoms with E-state index in [-0.39, 0.29) is 17.5 Å². The highest BCUT2D eigenvalue weighted by atomic mass is 32.3. The summed E-state index contributed by atoms with van der Waals surface area (Å²) in [4.78, 5) is 11.2. The molecule has 0 fully saturated rings. The van der Waals surface area contributed by atoms with E-state index in [1.165, 1.54) is 12.1 Å². The Morgan fingerprint density at radius 1 is 1.00 bits per heavy atom. The smallest absolute Gasteiger partial charge is 0.493 e. The molecule has 7 nitrogen and oxygen atoms in total. The fraction of sp³-hybridized carbons (Fsp3) is 0.500. The quantitative estimate of drug-likeness (QED) is 0.327. The summed E-state index contributed by atoms with van der Waals surface area (Å²) in [7, 11) is -3.96. The number of carbonyl (C=O) groups is 1. The summed E-state index contributed by atoms with van der Waals surface area (Å²) in [6, 6.07) is 4.66. The van der Waals surface area contributed by atoms with E-state index in [2.05, 4.69) is 14.9 Å². The molecule has 144 valence electrons. The molecule has 1 aromatic carbocycles. The van der Waals surface area contributed by atoms with Crippen LogP contribution in [0.15, 0.2) is 30.4 Å². The highest BCUT2D eigenvalue weighted by molar-refractivity contribution is 7.82. The summed E-state index contributed by atoms with van der Waals surface area (Å²) in [6.45, 7) is 6.15. The van der Waals surface area contributed by atoms with Crippen LogP contribution in [0.3, 0.4) is 0 Å². The standard InChI is InChI=1S/C18H24O7S/c1-14(2)18(19)23-12-8-6-4-3-5-7-11-22-15-9-10-16-17(13-15)25-26(20,21)24-16/h9-10,13H,1,3-8,11-12H2,2H3. The van der Waals surface area contributed by atoms with Gasteiger partial charge in [-0.25, -0.2) is 4.79 Å². The molecule has 0 saturated carbocycles. The Morgan fingerprint density at radius 3 is 2.31 bits per heavy atom. The normalized spacial score (nSPS) is 14.0. The van der Waals surface area contributed by atoms with Crippen LogP contribution in [0.5, 0.6) is 17.2 Å².